The predicted octanol–water partition coefficient (Wildman–Crippen LogP) is 6.03. The second kappa shape index (κ2) is 9.08. The summed E-state index contributed by atoms with van der Waals surface area (Å²) in [5.41, 5.74) is 5.84. The first-order valence-electron chi connectivity index (χ1n) is 9.23. The molecule has 140 valence electrons. The van der Waals surface area contributed by atoms with Crippen molar-refractivity contribution < 1.29 is 9.90 Å². The Morgan fingerprint density at radius 3 is 2.65 bits per heavy atom. The molecule has 4 nitrogen and oxygen atoms in total. The maximum atomic E-state index is 12.0. The number of aromatic nitrogens is 1. The molecule has 5 heteroatoms. The number of aliphatic carboxylic acids is 1. The lowest BCUT2D eigenvalue weighted by Gasteiger charge is -2.23. The van der Waals surface area contributed by atoms with Crippen molar-refractivity contribution in [1.82, 2.24) is 4.98 Å². The third-order valence-corrected chi connectivity index (χ3v) is 5.67. The largest absolute Gasteiger partial charge is 0.481 e. The molecule has 1 heterocycles. The van der Waals surface area contributed by atoms with Crippen LogP contribution in [0.15, 0.2) is 29.3 Å². The zero-order valence-electron chi connectivity index (χ0n) is 16.0. The Morgan fingerprint density at radius 2 is 2.08 bits per heavy atom. The third-order valence-electron chi connectivity index (χ3n) is 4.88. The van der Waals surface area contributed by atoms with E-state index in [1.165, 1.54) is 0 Å². The van der Waals surface area contributed by atoms with Gasteiger partial charge in [-0.2, -0.15) is 0 Å². The van der Waals surface area contributed by atoms with Gasteiger partial charge in [0.2, 0.25) is 0 Å². The van der Waals surface area contributed by atoms with Gasteiger partial charge in [-0.05, 0) is 54.5 Å². The van der Waals surface area contributed by atoms with Crippen LogP contribution in [-0.2, 0) is 4.79 Å². The van der Waals surface area contributed by atoms with Crippen molar-refractivity contribution >= 4 is 38.8 Å². The summed E-state index contributed by atoms with van der Waals surface area (Å²) in [7, 11) is 0. The van der Waals surface area contributed by atoms with Crippen molar-refractivity contribution in [2.24, 2.45) is 11.8 Å². The number of nitrogens with one attached hydrogen (secondary N) is 1. The molecular weight excluding hydrogens is 344 g/mol. The van der Waals surface area contributed by atoms with Gasteiger partial charge < -0.3 is 10.5 Å². The van der Waals surface area contributed by atoms with Gasteiger partial charge in [-0.15, -0.1) is 11.3 Å². The minimum Gasteiger partial charge on any atom is -0.481 e. The van der Waals surface area contributed by atoms with Crippen LogP contribution in [0.5, 0.6) is 0 Å². The molecule has 0 fully saturated rings. The number of hydrogen-bond donors (Lipinski definition) is 2. The molecule has 0 spiro atoms. The van der Waals surface area contributed by atoms with E-state index < -0.39 is 11.9 Å². The molecule has 0 amide bonds. The van der Waals surface area contributed by atoms with Gasteiger partial charge in [-0.3, -0.25) is 4.79 Å². The quantitative estimate of drug-likeness (QED) is 0.528. The molecule has 0 saturated carbocycles. The summed E-state index contributed by atoms with van der Waals surface area (Å²) >= 11 is 1.58. The number of carboxylic acid groups (broad SMARTS) is 1. The SMILES string of the molecule is CCCC(C(=O)O)C(C(C)=N)=C(CC(C)CC)c1ccc2ncsc2c1. The van der Waals surface area contributed by atoms with Gasteiger partial charge in [0, 0.05) is 5.71 Å². The van der Waals surface area contributed by atoms with Crippen LogP contribution < -0.4 is 0 Å². The Hall–Kier alpha value is -2.01. The Bertz CT molecular complexity index is 822. The number of rotatable bonds is 9. The molecule has 1 aromatic heterocycles. The standard InChI is InChI=1S/C21H28N2O2S/c1-5-7-16(21(24)25)20(14(4)22)17(10-13(3)6-2)15-8-9-18-19(11-15)26-12-23-18/h8-9,11-13,16,22H,5-7,10H2,1-4H3,(H,24,25). The number of nitrogens with zero attached hydrogens (tertiary/aromatic N) is 1. The lowest BCUT2D eigenvalue weighted by Crippen LogP contribution is -2.22. The third kappa shape index (κ3) is 4.58. The lowest BCUT2D eigenvalue weighted by atomic mass is 9.81. The minimum atomic E-state index is -0.839. The highest BCUT2D eigenvalue weighted by atomic mass is 32.1. The van der Waals surface area contributed by atoms with Gasteiger partial charge in [0.25, 0.3) is 0 Å². The van der Waals surface area contributed by atoms with E-state index in [0.29, 0.717) is 23.6 Å². The Labute approximate surface area is 159 Å². The Kier molecular flexibility index (Phi) is 7.09. The Morgan fingerprint density at radius 1 is 1.35 bits per heavy atom. The number of thiazole rings is 1. The van der Waals surface area contributed by atoms with Crippen LogP contribution in [-0.4, -0.2) is 21.8 Å². The lowest BCUT2D eigenvalue weighted by molar-refractivity contribution is -0.140. The average molecular weight is 373 g/mol. The molecule has 0 saturated heterocycles. The van der Waals surface area contributed by atoms with E-state index in [9.17, 15) is 9.90 Å². The van der Waals surface area contributed by atoms with Gasteiger partial charge in [-0.25, -0.2) is 4.98 Å². The van der Waals surface area contributed by atoms with Gasteiger partial charge in [-0.1, -0.05) is 39.7 Å². The molecule has 0 aliphatic carbocycles. The first-order valence-corrected chi connectivity index (χ1v) is 10.1. The molecule has 2 rings (SSSR count). The molecule has 1 aromatic carbocycles. The number of benzene rings is 1. The van der Waals surface area contributed by atoms with E-state index in [1.807, 2.05) is 24.6 Å². The second-order valence-electron chi connectivity index (χ2n) is 6.95. The Balaban J connectivity index is 2.69. The molecule has 2 N–H and O–H groups in total. The fourth-order valence-electron chi connectivity index (χ4n) is 3.30. The van der Waals surface area contributed by atoms with Gasteiger partial charge in [0.05, 0.1) is 21.6 Å². The average Bonchev–Trinajstić information content (AvgIpc) is 3.07. The van der Waals surface area contributed by atoms with E-state index in [4.69, 9.17) is 5.41 Å². The zero-order chi connectivity index (χ0) is 19.3. The molecule has 0 aliphatic heterocycles. The molecule has 0 aliphatic rings. The van der Waals surface area contributed by atoms with Crippen molar-refractivity contribution in [2.75, 3.05) is 0 Å². The summed E-state index contributed by atoms with van der Waals surface area (Å²) in [6.07, 6.45) is 3.12. The minimum absolute atomic E-state index is 0.355. The first kappa shape index (κ1) is 20.3. The summed E-state index contributed by atoms with van der Waals surface area (Å²) in [6.45, 7) is 8.03. The van der Waals surface area contributed by atoms with Crippen LogP contribution in [0.25, 0.3) is 15.8 Å². The normalized spacial score (nSPS) is 14.8. The maximum absolute atomic E-state index is 12.0. The summed E-state index contributed by atoms with van der Waals surface area (Å²) in [5, 5.41) is 18.1. The highest BCUT2D eigenvalue weighted by molar-refractivity contribution is 7.16. The molecule has 0 radical (unpaired) electrons. The van der Waals surface area contributed by atoms with E-state index in [2.05, 4.69) is 24.9 Å². The summed E-state index contributed by atoms with van der Waals surface area (Å²) in [6, 6.07) is 6.11. The summed E-state index contributed by atoms with van der Waals surface area (Å²) in [5.74, 6) is -1.05. The molecule has 26 heavy (non-hydrogen) atoms. The number of carbonyl (C=O) groups is 1. The highest BCUT2D eigenvalue weighted by Crippen LogP contribution is 2.35. The molecule has 2 unspecified atom stereocenters. The second-order valence-corrected chi connectivity index (χ2v) is 7.84. The zero-order valence-corrected chi connectivity index (χ0v) is 16.8. The number of fused-ring (bicyclic) bond motifs is 1. The number of hydrogen-bond acceptors (Lipinski definition) is 4. The monoisotopic (exact) mass is 372 g/mol. The van der Waals surface area contributed by atoms with Crippen LogP contribution in [0.3, 0.4) is 0 Å². The molecule has 2 atom stereocenters. The highest BCUT2D eigenvalue weighted by Gasteiger charge is 2.27. The maximum Gasteiger partial charge on any atom is 0.311 e. The van der Waals surface area contributed by atoms with Crippen molar-refractivity contribution in [3.63, 3.8) is 0 Å². The van der Waals surface area contributed by atoms with E-state index in [-0.39, 0.29) is 0 Å². The van der Waals surface area contributed by atoms with E-state index >= 15 is 0 Å². The number of allylic oxidation sites excluding steroid dienone is 1. The molecule has 2 aromatic rings. The van der Waals surface area contributed by atoms with Crippen molar-refractivity contribution in [3.8, 4) is 0 Å². The predicted molar refractivity (Wildman–Crippen MR) is 110 cm³/mol. The van der Waals surface area contributed by atoms with E-state index in [1.54, 1.807) is 18.3 Å². The summed E-state index contributed by atoms with van der Waals surface area (Å²) < 4.78 is 1.09. The first-order chi connectivity index (χ1) is 12.4. The molecule has 0 bridgehead atoms. The fraction of sp³-hybridized carbons (Fsp3) is 0.476. The van der Waals surface area contributed by atoms with Crippen LogP contribution in [0, 0.1) is 17.2 Å². The van der Waals surface area contributed by atoms with Crippen molar-refractivity contribution in [2.45, 2.75) is 53.4 Å². The number of carboxylic acids is 1. The van der Waals surface area contributed by atoms with Crippen LogP contribution >= 0.6 is 11.3 Å². The van der Waals surface area contributed by atoms with E-state index in [0.717, 1.165) is 40.6 Å². The van der Waals surface area contributed by atoms with Crippen molar-refractivity contribution in [1.29, 1.82) is 5.41 Å². The van der Waals surface area contributed by atoms with Crippen LogP contribution in [0.2, 0.25) is 0 Å². The van der Waals surface area contributed by atoms with Gasteiger partial charge in [0.15, 0.2) is 0 Å². The van der Waals surface area contributed by atoms with Crippen LogP contribution in [0.4, 0.5) is 0 Å². The van der Waals surface area contributed by atoms with Gasteiger partial charge in [0.1, 0.15) is 0 Å². The van der Waals surface area contributed by atoms with Gasteiger partial charge >= 0.3 is 5.97 Å². The van der Waals surface area contributed by atoms with Crippen molar-refractivity contribution in [3.05, 3.63) is 34.8 Å². The van der Waals surface area contributed by atoms with Crippen LogP contribution in [0.1, 0.15) is 58.9 Å². The topological polar surface area (TPSA) is 74.0 Å². The molecular formula is C21H28N2O2S. The fourth-order valence-corrected chi connectivity index (χ4v) is 4.01. The summed E-state index contributed by atoms with van der Waals surface area (Å²) in [4.78, 5) is 16.3. The smallest absolute Gasteiger partial charge is 0.311 e.